The summed E-state index contributed by atoms with van der Waals surface area (Å²) in [6.07, 6.45) is -5.84. The van der Waals surface area contributed by atoms with Crippen LogP contribution in [0.4, 0.5) is 18.0 Å². The van der Waals surface area contributed by atoms with Crippen molar-refractivity contribution in [3.05, 3.63) is 91.0 Å². The molecule has 0 aliphatic carbocycles. The van der Waals surface area contributed by atoms with Crippen LogP contribution in [0.2, 0.25) is 5.02 Å². The van der Waals surface area contributed by atoms with E-state index in [9.17, 15) is 18.0 Å². The SMILES string of the molecule is Cc1cc([C@H]2OC(=O)N(Cc3cc(C)ccc3-c3cc(I)ccc3Cl)[C@H]2C)cc(C(F)(F)F)c1. The van der Waals surface area contributed by atoms with Crippen molar-refractivity contribution in [2.75, 3.05) is 0 Å². The van der Waals surface area contributed by atoms with E-state index in [2.05, 4.69) is 22.6 Å². The molecule has 4 rings (SSSR count). The molecule has 0 unspecified atom stereocenters. The van der Waals surface area contributed by atoms with Crippen molar-refractivity contribution in [1.29, 1.82) is 0 Å². The molecule has 0 saturated carbocycles. The van der Waals surface area contributed by atoms with E-state index < -0.39 is 30.0 Å². The number of aryl methyl sites for hydroxylation is 2. The van der Waals surface area contributed by atoms with Gasteiger partial charge in [-0.05, 0) is 90.4 Å². The monoisotopic (exact) mass is 599 g/mol. The van der Waals surface area contributed by atoms with Crippen LogP contribution >= 0.6 is 34.2 Å². The summed E-state index contributed by atoms with van der Waals surface area (Å²) in [5.41, 5.74) is 3.70. The molecule has 0 aromatic heterocycles. The largest absolute Gasteiger partial charge is 0.439 e. The summed E-state index contributed by atoms with van der Waals surface area (Å²) in [5, 5.41) is 0.597. The Morgan fingerprint density at radius 3 is 2.44 bits per heavy atom. The number of rotatable bonds is 4. The van der Waals surface area contributed by atoms with Crippen LogP contribution in [-0.2, 0) is 17.5 Å². The summed E-state index contributed by atoms with van der Waals surface area (Å²) in [6, 6.07) is 15.0. The van der Waals surface area contributed by atoms with E-state index in [0.717, 1.165) is 38.0 Å². The zero-order valence-corrected chi connectivity index (χ0v) is 21.6. The molecule has 3 aromatic carbocycles. The third-order valence-electron chi connectivity index (χ3n) is 5.97. The van der Waals surface area contributed by atoms with Crippen LogP contribution in [-0.4, -0.2) is 17.0 Å². The first-order valence-corrected chi connectivity index (χ1v) is 12.1. The molecule has 1 amide bonds. The molecule has 3 aromatic rings. The second kappa shape index (κ2) is 9.41. The lowest BCUT2D eigenvalue weighted by molar-refractivity contribution is -0.137. The molecule has 1 saturated heterocycles. The van der Waals surface area contributed by atoms with Gasteiger partial charge in [0.2, 0.25) is 0 Å². The number of amides is 1. The third kappa shape index (κ3) is 5.05. The first-order chi connectivity index (χ1) is 15.9. The number of ether oxygens (including phenoxy) is 1. The number of alkyl halides is 3. The fraction of sp³-hybridized carbons (Fsp3) is 0.269. The topological polar surface area (TPSA) is 29.5 Å². The molecule has 3 nitrogen and oxygen atoms in total. The standard InChI is InChI=1S/C26H22ClF3INO2/c1-14-4-6-21(22-12-20(31)5-7-23(22)27)18(8-14)13-32-16(3)24(34-25(32)33)17-9-15(2)10-19(11-17)26(28,29)30/h4-12,16,24H,13H2,1-3H3/t16-,24-/m0/s1. The zero-order chi connectivity index (χ0) is 24.8. The van der Waals surface area contributed by atoms with Gasteiger partial charge in [0.15, 0.2) is 0 Å². The first kappa shape index (κ1) is 24.9. The number of carbonyl (C=O) groups excluding carboxylic acids is 1. The molecule has 0 radical (unpaired) electrons. The summed E-state index contributed by atoms with van der Waals surface area (Å²) in [6.45, 7) is 5.60. The smallest absolute Gasteiger partial charge is 0.416 e. The third-order valence-corrected chi connectivity index (χ3v) is 6.97. The van der Waals surface area contributed by atoms with Gasteiger partial charge in [-0.3, -0.25) is 4.90 Å². The average molecular weight is 600 g/mol. The Labute approximate surface area is 215 Å². The molecule has 2 atom stereocenters. The van der Waals surface area contributed by atoms with Crippen LogP contribution in [0.1, 0.15) is 40.8 Å². The predicted octanol–water partition coefficient (Wildman–Crippen LogP) is 8.33. The molecular weight excluding hydrogens is 578 g/mol. The van der Waals surface area contributed by atoms with Gasteiger partial charge in [-0.2, -0.15) is 13.2 Å². The van der Waals surface area contributed by atoms with Crippen molar-refractivity contribution < 1.29 is 22.7 Å². The van der Waals surface area contributed by atoms with E-state index in [1.54, 1.807) is 24.8 Å². The highest BCUT2D eigenvalue weighted by atomic mass is 127. The van der Waals surface area contributed by atoms with Crippen molar-refractivity contribution >= 4 is 40.3 Å². The maximum absolute atomic E-state index is 13.3. The normalized spacial score (nSPS) is 18.4. The van der Waals surface area contributed by atoms with Gasteiger partial charge < -0.3 is 4.74 Å². The maximum atomic E-state index is 13.3. The number of cyclic esters (lactones) is 1. The Balaban J connectivity index is 1.68. The van der Waals surface area contributed by atoms with Crippen molar-refractivity contribution in [1.82, 2.24) is 4.90 Å². The number of halogens is 5. The highest BCUT2D eigenvalue weighted by molar-refractivity contribution is 14.1. The Bertz CT molecular complexity index is 1260. The zero-order valence-electron chi connectivity index (χ0n) is 18.7. The predicted molar refractivity (Wildman–Crippen MR) is 135 cm³/mol. The number of carbonyl (C=O) groups is 1. The average Bonchev–Trinajstić information content (AvgIpc) is 3.03. The molecule has 1 heterocycles. The van der Waals surface area contributed by atoms with Crippen molar-refractivity contribution in [3.8, 4) is 11.1 Å². The molecule has 0 N–H and O–H groups in total. The van der Waals surface area contributed by atoms with Crippen LogP contribution in [0, 0.1) is 17.4 Å². The van der Waals surface area contributed by atoms with Crippen LogP contribution in [0.15, 0.2) is 54.6 Å². The summed E-state index contributed by atoms with van der Waals surface area (Å²) in [7, 11) is 0. The van der Waals surface area contributed by atoms with Gasteiger partial charge in [0, 0.05) is 14.2 Å². The highest BCUT2D eigenvalue weighted by Gasteiger charge is 2.41. The summed E-state index contributed by atoms with van der Waals surface area (Å²) >= 11 is 8.71. The molecule has 1 fully saturated rings. The van der Waals surface area contributed by atoms with Gasteiger partial charge in [0.1, 0.15) is 6.10 Å². The van der Waals surface area contributed by atoms with Gasteiger partial charge in [0.25, 0.3) is 0 Å². The first-order valence-electron chi connectivity index (χ1n) is 10.6. The van der Waals surface area contributed by atoms with Gasteiger partial charge in [-0.15, -0.1) is 0 Å². The van der Waals surface area contributed by atoms with Gasteiger partial charge in [-0.25, -0.2) is 4.79 Å². The number of hydrogen-bond donors (Lipinski definition) is 0. The minimum atomic E-state index is -4.48. The van der Waals surface area contributed by atoms with Crippen LogP contribution in [0.25, 0.3) is 11.1 Å². The van der Waals surface area contributed by atoms with E-state index in [1.807, 2.05) is 43.3 Å². The van der Waals surface area contributed by atoms with Crippen LogP contribution in [0.3, 0.4) is 0 Å². The fourth-order valence-electron chi connectivity index (χ4n) is 4.30. The van der Waals surface area contributed by atoms with Crippen LogP contribution in [0.5, 0.6) is 0 Å². The Hall–Kier alpha value is -2.26. The lowest BCUT2D eigenvalue weighted by Crippen LogP contribution is -2.31. The molecule has 0 spiro atoms. The summed E-state index contributed by atoms with van der Waals surface area (Å²) in [4.78, 5) is 14.4. The van der Waals surface area contributed by atoms with Crippen molar-refractivity contribution in [2.24, 2.45) is 0 Å². The minimum absolute atomic E-state index is 0.243. The second-order valence-electron chi connectivity index (χ2n) is 8.59. The van der Waals surface area contributed by atoms with Crippen molar-refractivity contribution in [2.45, 2.75) is 45.6 Å². The Kier molecular flexibility index (Phi) is 6.88. The number of hydrogen-bond acceptors (Lipinski definition) is 2. The number of nitrogens with zero attached hydrogens (tertiary/aromatic N) is 1. The second-order valence-corrected chi connectivity index (χ2v) is 10.2. The van der Waals surface area contributed by atoms with E-state index in [-0.39, 0.29) is 6.54 Å². The van der Waals surface area contributed by atoms with E-state index in [0.29, 0.717) is 16.1 Å². The van der Waals surface area contributed by atoms with Gasteiger partial charge in [0.05, 0.1) is 18.2 Å². The van der Waals surface area contributed by atoms with E-state index in [1.165, 1.54) is 0 Å². The lowest BCUT2D eigenvalue weighted by Gasteiger charge is -2.23. The molecule has 34 heavy (non-hydrogen) atoms. The van der Waals surface area contributed by atoms with E-state index in [4.69, 9.17) is 16.3 Å². The highest BCUT2D eigenvalue weighted by Crippen LogP contribution is 2.39. The van der Waals surface area contributed by atoms with Gasteiger partial charge >= 0.3 is 12.3 Å². The van der Waals surface area contributed by atoms with Gasteiger partial charge in [-0.1, -0.05) is 47.0 Å². The molecule has 1 aliphatic heterocycles. The quantitative estimate of drug-likeness (QED) is 0.282. The lowest BCUT2D eigenvalue weighted by atomic mass is 9.96. The summed E-state index contributed by atoms with van der Waals surface area (Å²) < 4.78 is 46.6. The Morgan fingerprint density at radius 2 is 1.74 bits per heavy atom. The summed E-state index contributed by atoms with van der Waals surface area (Å²) in [5.74, 6) is 0. The fourth-order valence-corrected chi connectivity index (χ4v) is 5.01. The Morgan fingerprint density at radius 1 is 1.00 bits per heavy atom. The molecular formula is C26H22ClF3INO2. The molecule has 8 heteroatoms. The molecule has 0 bridgehead atoms. The van der Waals surface area contributed by atoms with Crippen LogP contribution < -0.4 is 0 Å². The van der Waals surface area contributed by atoms with E-state index >= 15 is 0 Å². The molecule has 1 aliphatic rings. The maximum Gasteiger partial charge on any atom is 0.416 e. The number of benzene rings is 3. The molecule has 178 valence electrons. The van der Waals surface area contributed by atoms with Crippen molar-refractivity contribution in [3.63, 3.8) is 0 Å². The minimum Gasteiger partial charge on any atom is -0.439 e.